The van der Waals surface area contributed by atoms with E-state index in [-0.39, 0.29) is 36.9 Å². The Kier molecular flexibility index (Phi) is 8.28. The molecule has 0 saturated heterocycles. The Morgan fingerprint density at radius 3 is 2.64 bits per heavy atom. The van der Waals surface area contributed by atoms with E-state index in [0.29, 0.717) is 0 Å². The normalized spacial score (nSPS) is 10.5. The fraction of sp³-hybridized carbons (Fsp3) is 0.417. The summed E-state index contributed by atoms with van der Waals surface area (Å²) in [5, 5.41) is 12.7. The molecule has 124 valence electrons. The maximum atomic E-state index is 12.8. The third-order valence-corrected chi connectivity index (χ3v) is 2.49. The maximum Gasteiger partial charge on any atom is 0.310 e. The average Bonchev–Trinajstić information content (AvgIpc) is 2.45. The molecule has 0 saturated carbocycles. The smallest absolute Gasteiger partial charge is 0.310 e. The Morgan fingerprint density at radius 1 is 1.41 bits per heavy atom. The van der Waals surface area contributed by atoms with Crippen molar-refractivity contribution < 1.29 is 23.2 Å². The molecule has 0 aliphatic heterocycles. The number of nitro benzene ring substituents is 1. The van der Waals surface area contributed by atoms with Crippen molar-refractivity contribution in [2.45, 2.75) is 12.3 Å². The molecule has 3 N–H and O–H groups in total. The van der Waals surface area contributed by atoms with Crippen molar-refractivity contribution in [2.24, 2.45) is 5.73 Å². The molecule has 0 aliphatic rings. The van der Waals surface area contributed by atoms with Crippen LogP contribution in [0.1, 0.15) is 6.42 Å². The number of para-hydroxylation sites is 2. The van der Waals surface area contributed by atoms with Crippen LogP contribution in [0.5, 0.6) is 5.75 Å². The van der Waals surface area contributed by atoms with Crippen LogP contribution in [0.15, 0.2) is 24.3 Å². The average molecular weight is 340 g/mol. The number of benzene rings is 1. The van der Waals surface area contributed by atoms with E-state index >= 15 is 0 Å². The molecule has 1 aromatic rings. The molecule has 1 amide bonds. The van der Waals surface area contributed by atoms with Crippen LogP contribution in [0.3, 0.4) is 0 Å². The Balaban J connectivity index is 0.00000441. The molecule has 1 aromatic carbocycles. The summed E-state index contributed by atoms with van der Waals surface area (Å²) in [6, 6.07) is 5.67. The van der Waals surface area contributed by atoms with E-state index < -0.39 is 29.8 Å². The van der Waals surface area contributed by atoms with Crippen LogP contribution in [0.25, 0.3) is 0 Å². The van der Waals surface area contributed by atoms with Crippen molar-refractivity contribution >= 4 is 24.0 Å². The second-order valence-electron chi connectivity index (χ2n) is 4.16. The minimum atomic E-state index is -3.16. The van der Waals surface area contributed by atoms with Crippen molar-refractivity contribution in [1.82, 2.24) is 5.32 Å². The number of carbonyl (C=O) groups is 1. The second-order valence-corrected chi connectivity index (χ2v) is 4.16. The van der Waals surface area contributed by atoms with Crippen molar-refractivity contribution in [3.63, 3.8) is 0 Å². The number of amides is 1. The van der Waals surface area contributed by atoms with Crippen molar-refractivity contribution in [3.8, 4) is 5.75 Å². The van der Waals surface area contributed by atoms with Gasteiger partial charge in [0, 0.05) is 6.07 Å². The van der Waals surface area contributed by atoms with Crippen LogP contribution in [-0.2, 0) is 4.79 Å². The van der Waals surface area contributed by atoms with Gasteiger partial charge in [0.05, 0.1) is 31.0 Å². The van der Waals surface area contributed by atoms with Gasteiger partial charge in [-0.15, -0.1) is 12.4 Å². The van der Waals surface area contributed by atoms with Crippen LogP contribution >= 0.6 is 12.4 Å². The first-order valence-electron chi connectivity index (χ1n) is 6.06. The van der Waals surface area contributed by atoms with Gasteiger partial charge in [-0.25, -0.2) is 8.78 Å². The van der Waals surface area contributed by atoms with Gasteiger partial charge in [-0.05, 0) is 6.07 Å². The summed E-state index contributed by atoms with van der Waals surface area (Å²) >= 11 is 0. The first-order valence-corrected chi connectivity index (χ1v) is 6.06. The number of nitrogens with zero attached hydrogens (tertiary/aromatic N) is 1. The van der Waals surface area contributed by atoms with Gasteiger partial charge in [-0.1, -0.05) is 12.1 Å². The zero-order valence-corrected chi connectivity index (χ0v) is 12.3. The predicted molar refractivity (Wildman–Crippen MR) is 77.5 cm³/mol. The first-order chi connectivity index (χ1) is 9.85. The fourth-order valence-corrected chi connectivity index (χ4v) is 1.37. The molecule has 0 atom stereocenters. The summed E-state index contributed by atoms with van der Waals surface area (Å²) in [5.41, 5.74) is 4.59. The number of ether oxygens (including phenoxy) is 1. The highest BCUT2D eigenvalue weighted by Crippen LogP contribution is 2.25. The van der Waals surface area contributed by atoms with Gasteiger partial charge in [0.1, 0.15) is 0 Å². The molecular formula is C12H16ClF2N3O4. The van der Waals surface area contributed by atoms with E-state index in [0.717, 1.165) is 0 Å². The summed E-state index contributed by atoms with van der Waals surface area (Å²) < 4.78 is 30.7. The Labute approximate surface area is 131 Å². The molecule has 0 bridgehead atoms. The molecule has 1 rings (SSSR count). The third kappa shape index (κ3) is 6.64. The number of halogens is 3. The van der Waals surface area contributed by atoms with Crippen LogP contribution in [0.4, 0.5) is 14.5 Å². The van der Waals surface area contributed by atoms with E-state index in [2.05, 4.69) is 0 Å². The highest BCUT2D eigenvalue weighted by Gasteiger charge is 2.27. The van der Waals surface area contributed by atoms with Gasteiger partial charge in [-0.3, -0.25) is 14.9 Å². The van der Waals surface area contributed by atoms with Crippen molar-refractivity contribution in [2.75, 3.05) is 19.7 Å². The van der Waals surface area contributed by atoms with Crippen molar-refractivity contribution in [1.29, 1.82) is 0 Å². The quantitative estimate of drug-likeness (QED) is 0.551. The van der Waals surface area contributed by atoms with Gasteiger partial charge in [0.25, 0.3) is 5.92 Å². The highest BCUT2D eigenvalue weighted by molar-refractivity contribution is 5.85. The van der Waals surface area contributed by atoms with Gasteiger partial charge in [-0.2, -0.15) is 0 Å². The predicted octanol–water partition coefficient (Wildman–Crippen LogP) is 1.50. The maximum absolute atomic E-state index is 12.8. The van der Waals surface area contributed by atoms with Crippen LogP contribution in [0, 0.1) is 10.1 Å². The lowest BCUT2D eigenvalue weighted by Gasteiger charge is -2.14. The zero-order chi connectivity index (χ0) is 15.9. The SMILES string of the molecule is Cl.NCC(F)(F)CNC(=O)CCOc1ccccc1[N+](=O)[O-]. The molecule has 0 heterocycles. The van der Waals surface area contributed by atoms with E-state index in [1.54, 1.807) is 6.07 Å². The number of nitro groups is 1. The monoisotopic (exact) mass is 339 g/mol. The molecule has 0 spiro atoms. The van der Waals surface area contributed by atoms with E-state index in [4.69, 9.17) is 10.5 Å². The number of carbonyl (C=O) groups excluding carboxylic acids is 1. The first kappa shape index (κ1) is 20.0. The standard InChI is InChI=1S/C12H15F2N3O4.ClH/c13-12(14,7-15)8-16-11(18)5-6-21-10-4-2-1-3-9(10)17(19)20;/h1-4H,5-8,15H2,(H,16,18);1H. The van der Waals surface area contributed by atoms with Gasteiger partial charge >= 0.3 is 5.69 Å². The number of alkyl halides is 2. The molecule has 0 aromatic heterocycles. The summed E-state index contributed by atoms with van der Waals surface area (Å²) in [6.07, 6.45) is -0.202. The minimum absolute atomic E-state index is 0. The molecule has 10 heteroatoms. The fourth-order valence-electron chi connectivity index (χ4n) is 1.37. The van der Waals surface area contributed by atoms with Crippen LogP contribution in [-0.4, -0.2) is 36.4 Å². The highest BCUT2D eigenvalue weighted by atomic mass is 35.5. The summed E-state index contributed by atoms with van der Waals surface area (Å²) in [4.78, 5) is 21.4. The van der Waals surface area contributed by atoms with Gasteiger partial charge in [0.15, 0.2) is 5.75 Å². The molecule has 22 heavy (non-hydrogen) atoms. The summed E-state index contributed by atoms with van der Waals surface area (Å²) in [6.45, 7) is -1.88. The number of nitrogens with one attached hydrogen (secondary N) is 1. The van der Waals surface area contributed by atoms with E-state index in [9.17, 15) is 23.7 Å². The van der Waals surface area contributed by atoms with E-state index in [1.807, 2.05) is 5.32 Å². The van der Waals surface area contributed by atoms with Gasteiger partial charge < -0.3 is 15.8 Å². The third-order valence-electron chi connectivity index (χ3n) is 2.49. The van der Waals surface area contributed by atoms with Gasteiger partial charge in [0.2, 0.25) is 5.91 Å². The summed E-state index contributed by atoms with van der Waals surface area (Å²) in [7, 11) is 0. The zero-order valence-electron chi connectivity index (χ0n) is 11.5. The number of hydrogen-bond donors (Lipinski definition) is 2. The lowest BCUT2D eigenvalue weighted by molar-refractivity contribution is -0.385. The van der Waals surface area contributed by atoms with Crippen molar-refractivity contribution in [3.05, 3.63) is 34.4 Å². The largest absolute Gasteiger partial charge is 0.486 e. The molecule has 7 nitrogen and oxygen atoms in total. The molecule has 0 radical (unpaired) electrons. The number of rotatable bonds is 8. The Hall–Kier alpha value is -2.00. The Morgan fingerprint density at radius 2 is 2.05 bits per heavy atom. The topological polar surface area (TPSA) is 107 Å². The van der Waals surface area contributed by atoms with Crippen LogP contribution < -0.4 is 15.8 Å². The van der Waals surface area contributed by atoms with E-state index in [1.165, 1.54) is 18.2 Å². The molecule has 0 unspecified atom stereocenters. The van der Waals surface area contributed by atoms with Crippen LogP contribution in [0.2, 0.25) is 0 Å². The Bertz CT molecular complexity index is 517. The lowest BCUT2D eigenvalue weighted by Crippen LogP contribution is -2.41. The molecule has 0 aliphatic carbocycles. The molecule has 0 fully saturated rings. The lowest BCUT2D eigenvalue weighted by atomic mass is 10.3. The number of nitrogens with two attached hydrogens (primary N) is 1. The second kappa shape index (κ2) is 9.11. The molecular weight excluding hydrogens is 324 g/mol. The summed E-state index contributed by atoms with van der Waals surface area (Å²) in [5.74, 6) is -3.79. The number of hydrogen-bond acceptors (Lipinski definition) is 5. The minimum Gasteiger partial charge on any atom is -0.486 e.